The molecule has 1 heterocycles. The molecule has 0 unspecified atom stereocenters. The van der Waals surface area contributed by atoms with E-state index in [2.05, 4.69) is 22.2 Å². The van der Waals surface area contributed by atoms with Crippen LogP contribution in [-0.4, -0.2) is 15.9 Å². The molecule has 1 aromatic rings. The van der Waals surface area contributed by atoms with Crippen molar-refractivity contribution in [1.82, 2.24) is 9.97 Å². The monoisotopic (exact) mass is 231 g/mol. The summed E-state index contributed by atoms with van der Waals surface area (Å²) in [7, 11) is 0. The van der Waals surface area contributed by atoms with Gasteiger partial charge in [-0.25, -0.2) is 4.98 Å². The Bertz CT molecular complexity index is 436. The summed E-state index contributed by atoms with van der Waals surface area (Å²) in [6, 6.07) is 0. The number of anilines is 1. The highest BCUT2D eigenvalue weighted by Gasteiger charge is 2.33. The van der Waals surface area contributed by atoms with Gasteiger partial charge in [-0.15, -0.1) is 0 Å². The Kier molecular flexibility index (Phi) is 2.57. The van der Waals surface area contributed by atoms with Crippen LogP contribution < -0.4 is 5.32 Å². The van der Waals surface area contributed by atoms with Gasteiger partial charge in [0.15, 0.2) is 5.82 Å². The first-order chi connectivity index (χ1) is 8.24. The summed E-state index contributed by atoms with van der Waals surface area (Å²) < 4.78 is 0. The standard InChI is InChI=1S/C13H17N3O/c1-8-6-10(7-8)13(17)16-12-11(9-2-3-9)14-4-5-15-12/h4-5,8-10H,2-3,6-7H2,1H3,(H,15,16,17). The summed E-state index contributed by atoms with van der Waals surface area (Å²) in [5, 5.41) is 2.94. The quantitative estimate of drug-likeness (QED) is 0.868. The lowest BCUT2D eigenvalue weighted by atomic mass is 9.76. The van der Waals surface area contributed by atoms with Crippen molar-refractivity contribution in [2.45, 2.75) is 38.5 Å². The molecule has 0 spiro atoms. The molecular formula is C13H17N3O. The molecule has 2 aliphatic rings. The fourth-order valence-electron chi connectivity index (χ4n) is 2.44. The second-order valence-electron chi connectivity index (χ2n) is 5.33. The predicted octanol–water partition coefficient (Wildman–Crippen LogP) is 2.34. The van der Waals surface area contributed by atoms with Crippen molar-refractivity contribution >= 4 is 11.7 Å². The summed E-state index contributed by atoms with van der Waals surface area (Å²) in [6.45, 7) is 2.18. The molecule has 0 atom stereocenters. The Hall–Kier alpha value is -1.45. The Morgan fingerprint density at radius 2 is 2.00 bits per heavy atom. The molecule has 1 N–H and O–H groups in total. The predicted molar refractivity (Wildman–Crippen MR) is 64.5 cm³/mol. The highest BCUT2D eigenvalue weighted by molar-refractivity contribution is 5.92. The number of nitrogens with one attached hydrogen (secondary N) is 1. The minimum atomic E-state index is 0.116. The molecule has 3 rings (SSSR count). The topological polar surface area (TPSA) is 54.9 Å². The first-order valence-electron chi connectivity index (χ1n) is 6.36. The summed E-state index contributed by atoms with van der Waals surface area (Å²) in [4.78, 5) is 20.5. The van der Waals surface area contributed by atoms with Gasteiger partial charge in [0.05, 0.1) is 5.69 Å². The maximum Gasteiger partial charge on any atom is 0.228 e. The van der Waals surface area contributed by atoms with Crippen LogP contribution in [0.3, 0.4) is 0 Å². The number of carbonyl (C=O) groups excluding carboxylic acids is 1. The highest BCUT2D eigenvalue weighted by Crippen LogP contribution is 2.42. The Morgan fingerprint density at radius 3 is 2.65 bits per heavy atom. The van der Waals surface area contributed by atoms with Crippen molar-refractivity contribution in [3.05, 3.63) is 18.1 Å². The maximum atomic E-state index is 12.0. The Labute approximate surface area is 101 Å². The summed E-state index contributed by atoms with van der Waals surface area (Å²) >= 11 is 0. The van der Waals surface area contributed by atoms with E-state index in [9.17, 15) is 4.79 Å². The SMILES string of the molecule is CC1CC(C(=O)Nc2nccnc2C2CC2)C1. The minimum absolute atomic E-state index is 0.116. The van der Waals surface area contributed by atoms with Crippen molar-refractivity contribution in [3.8, 4) is 0 Å². The van der Waals surface area contributed by atoms with E-state index in [4.69, 9.17) is 0 Å². The van der Waals surface area contributed by atoms with Crippen molar-refractivity contribution < 1.29 is 4.79 Å². The lowest BCUT2D eigenvalue weighted by Gasteiger charge is -2.31. The van der Waals surface area contributed by atoms with Gasteiger partial charge in [-0.1, -0.05) is 6.92 Å². The Morgan fingerprint density at radius 1 is 1.29 bits per heavy atom. The van der Waals surface area contributed by atoms with E-state index in [1.54, 1.807) is 12.4 Å². The molecule has 0 aliphatic heterocycles. The number of nitrogens with zero attached hydrogens (tertiary/aromatic N) is 2. The third-order valence-corrected chi connectivity index (χ3v) is 3.68. The van der Waals surface area contributed by atoms with Gasteiger partial charge in [-0.2, -0.15) is 0 Å². The maximum absolute atomic E-state index is 12.0. The van der Waals surface area contributed by atoms with Crippen LogP contribution in [0.4, 0.5) is 5.82 Å². The molecule has 2 fully saturated rings. The number of hydrogen-bond acceptors (Lipinski definition) is 3. The molecule has 0 aromatic carbocycles. The average molecular weight is 231 g/mol. The van der Waals surface area contributed by atoms with E-state index < -0.39 is 0 Å². The van der Waals surface area contributed by atoms with Crippen LogP contribution in [-0.2, 0) is 4.79 Å². The van der Waals surface area contributed by atoms with E-state index in [0.717, 1.165) is 18.5 Å². The number of rotatable bonds is 3. The number of amides is 1. The van der Waals surface area contributed by atoms with Gasteiger partial charge < -0.3 is 5.32 Å². The van der Waals surface area contributed by atoms with Gasteiger partial charge in [0, 0.05) is 24.2 Å². The lowest BCUT2D eigenvalue weighted by Crippen LogP contribution is -2.33. The summed E-state index contributed by atoms with van der Waals surface area (Å²) in [6.07, 6.45) is 7.69. The average Bonchev–Trinajstić information content (AvgIpc) is 3.09. The highest BCUT2D eigenvalue weighted by atomic mass is 16.2. The van der Waals surface area contributed by atoms with E-state index in [1.165, 1.54) is 12.8 Å². The minimum Gasteiger partial charge on any atom is -0.309 e. The zero-order valence-electron chi connectivity index (χ0n) is 10.0. The third-order valence-electron chi connectivity index (χ3n) is 3.68. The molecule has 2 saturated carbocycles. The van der Waals surface area contributed by atoms with E-state index >= 15 is 0 Å². The molecule has 4 nitrogen and oxygen atoms in total. The molecule has 0 bridgehead atoms. The third kappa shape index (κ3) is 2.16. The molecular weight excluding hydrogens is 214 g/mol. The van der Waals surface area contributed by atoms with Crippen LogP contribution >= 0.6 is 0 Å². The fraction of sp³-hybridized carbons (Fsp3) is 0.615. The normalized spacial score (nSPS) is 27.4. The van der Waals surface area contributed by atoms with E-state index in [0.29, 0.717) is 17.7 Å². The molecule has 1 amide bonds. The zero-order chi connectivity index (χ0) is 11.8. The van der Waals surface area contributed by atoms with Gasteiger partial charge in [0.2, 0.25) is 5.91 Å². The van der Waals surface area contributed by atoms with Gasteiger partial charge in [0.25, 0.3) is 0 Å². The van der Waals surface area contributed by atoms with Crippen LogP contribution in [0.1, 0.15) is 44.2 Å². The van der Waals surface area contributed by atoms with Crippen LogP contribution in [0.2, 0.25) is 0 Å². The van der Waals surface area contributed by atoms with E-state index in [1.807, 2.05) is 0 Å². The van der Waals surface area contributed by atoms with Gasteiger partial charge in [0.1, 0.15) is 0 Å². The smallest absolute Gasteiger partial charge is 0.228 e. The van der Waals surface area contributed by atoms with Gasteiger partial charge in [-0.3, -0.25) is 9.78 Å². The second kappa shape index (κ2) is 4.09. The van der Waals surface area contributed by atoms with Crippen molar-refractivity contribution in [2.75, 3.05) is 5.32 Å². The molecule has 17 heavy (non-hydrogen) atoms. The van der Waals surface area contributed by atoms with Crippen molar-refractivity contribution in [2.24, 2.45) is 11.8 Å². The molecule has 90 valence electrons. The first-order valence-corrected chi connectivity index (χ1v) is 6.36. The number of aromatic nitrogens is 2. The van der Waals surface area contributed by atoms with Gasteiger partial charge >= 0.3 is 0 Å². The number of hydrogen-bond donors (Lipinski definition) is 1. The van der Waals surface area contributed by atoms with Crippen molar-refractivity contribution in [3.63, 3.8) is 0 Å². The molecule has 2 aliphatic carbocycles. The van der Waals surface area contributed by atoms with Gasteiger partial charge in [-0.05, 0) is 31.6 Å². The van der Waals surface area contributed by atoms with Crippen molar-refractivity contribution in [1.29, 1.82) is 0 Å². The molecule has 4 heteroatoms. The molecule has 0 saturated heterocycles. The number of carbonyl (C=O) groups is 1. The zero-order valence-corrected chi connectivity index (χ0v) is 10.0. The molecule has 0 radical (unpaired) electrons. The van der Waals surface area contributed by atoms with Crippen LogP contribution in [0, 0.1) is 11.8 Å². The molecule has 1 aromatic heterocycles. The second-order valence-corrected chi connectivity index (χ2v) is 5.33. The van der Waals surface area contributed by atoms with Crippen LogP contribution in [0.25, 0.3) is 0 Å². The van der Waals surface area contributed by atoms with Crippen LogP contribution in [0.15, 0.2) is 12.4 Å². The fourth-order valence-corrected chi connectivity index (χ4v) is 2.44. The van der Waals surface area contributed by atoms with E-state index in [-0.39, 0.29) is 11.8 Å². The summed E-state index contributed by atoms with van der Waals surface area (Å²) in [5.41, 5.74) is 0.966. The van der Waals surface area contributed by atoms with Crippen LogP contribution in [0.5, 0.6) is 0 Å². The Balaban J connectivity index is 1.70. The summed E-state index contributed by atoms with van der Waals surface area (Å²) in [5.74, 6) is 2.18. The first kappa shape index (κ1) is 10.7. The lowest BCUT2D eigenvalue weighted by molar-refractivity contribution is -0.123. The largest absolute Gasteiger partial charge is 0.309 e.